The van der Waals surface area contributed by atoms with E-state index in [1.165, 1.54) is 12.8 Å². The van der Waals surface area contributed by atoms with E-state index in [9.17, 15) is 4.79 Å². The molecule has 0 heterocycles. The second-order valence-electron chi connectivity index (χ2n) is 5.44. The molecule has 0 radical (unpaired) electrons. The Kier molecular flexibility index (Phi) is 3.55. The summed E-state index contributed by atoms with van der Waals surface area (Å²) in [6.07, 6.45) is 7.49. The molecule has 2 N–H and O–H groups in total. The largest absolute Gasteiger partial charge is 0.398 e. The molecule has 0 bridgehead atoms. The number of rotatable bonds is 2. The van der Waals surface area contributed by atoms with Crippen molar-refractivity contribution in [1.29, 1.82) is 0 Å². The summed E-state index contributed by atoms with van der Waals surface area (Å²) >= 11 is 0. The van der Waals surface area contributed by atoms with E-state index in [1.54, 1.807) is 0 Å². The Bertz CT molecular complexity index is 685. The number of nitrogen functional groups attached to an aromatic ring is 1. The van der Waals surface area contributed by atoms with Crippen LogP contribution in [0.25, 0.3) is 10.8 Å². The quantitative estimate of drug-likeness (QED) is 0.642. The lowest BCUT2D eigenvalue weighted by Crippen LogP contribution is -2.07. The molecule has 0 saturated heterocycles. The molecule has 102 valence electrons. The summed E-state index contributed by atoms with van der Waals surface area (Å²) < 4.78 is 0. The summed E-state index contributed by atoms with van der Waals surface area (Å²) in [7, 11) is 0. The van der Waals surface area contributed by atoms with Crippen molar-refractivity contribution in [3.63, 3.8) is 0 Å². The van der Waals surface area contributed by atoms with Gasteiger partial charge in [-0.25, -0.2) is 0 Å². The Morgan fingerprint density at radius 3 is 2.55 bits per heavy atom. The smallest absolute Gasteiger partial charge is 0.190 e. The summed E-state index contributed by atoms with van der Waals surface area (Å²) in [4.78, 5) is 12.7. The topological polar surface area (TPSA) is 43.1 Å². The van der Waals surface area contributed by atoms with Crippen LogP contribution in [0.1, 0.15) is 42.5 Å². The molecule has 0 aromatic heterocycles. The van der Waals surface area contributed by atoms with Gasteiger partial charge in [0, 0.05) is 11.3 Å². The number of allylic oxidation sites excluding steroid dienone is 2. The van der Waals surface area contributed by atoms with Crippen molar-refractivity contribution < 1.29 is 4.79 Å². The second-order valence-corrected chi connectivity index (χ2v) is 5.44. The fourth-order valence-corrected chi connectivity index (χ4v) is 2.85. The van der Waals surface area contributed by atoms with E-state index in [-0.39, 0.29) is 5.78 Å². The average Bonchev–Trinajstić information content (AvgIpc) is 2.75. The van der Waals surface area contributed by atoms with E-state index in [2.05, 4.69) is 6.08 Å². The summed E-state index contributed by atoms with van der Waals surface area (Å²) in [6, 6.07) is 11.8. The fourth-order valence-electron chi connectivity index (χ4n) is 2.85. The van der Waals surface area contributed by atoms with Crippen LogP contribution in [0.3, 0.4) is 0 Å². The zero-order valence-electron chi connectivity index (χ0n) is 11.6. The third-order valence-corrected chi connectivity index (χ3v) is 4.00. The minimum absolute atomic E-state index is 0.107. The van der Waals surface area contributed by atoms with Crippen molar-refractivity contribution >= 4 is 22.2 Å². The highest BCUT2D eigenvalue weighted by Crippen LogP contribution is 2.27. The average molecular weight is 265 g/mol. The lowest BCUT2D eigenvalue weighted by Gasteiger charge is -2.09. The predicted molar refractivity (Wildman–Crippen MR) is 83.9 cm³/mol. The van der Waals surface area contributed by atoms with Crippen molar-refractivity contribution in [2.24, 2.45) is 0 Å². The molecule has 0 spiro atoms. The van der Waals surface area contributed by atoms with Crippen molar-refractivity contribution in [3.8, 4) is 0 Å². The molecule has 1 aliphatic carbocycles. The van der Waals surface area contributed by atoms with Gasteiger partial charge in [0.05, 0.1) is 0 Å². The first-order valence-corrected chi connectivity index (χ1v) is 7.28. The van der Waals surface area contributed by atoms with Crippen LogP contribution in [0, 0.1) is 0 Å². The van der Waals surface area contributed by atoms with Crippen LogP contribution in [0.4, 0.5) is 5.69 Å². The Morgan fingerprint density at radius 1 is 1.00 bits per heavy atom. The number of hydrogen-bond acceptors (Lipinski definition) is 2. The maximum absolute atomic E-state index is 12.7. The van der Waals surface area contributed by atoms with Crippen molar-refractivity contribution in [2.45, 2.75) is 32.1 Å². The number of ketones is 1. The molecule has 2 aromatic carbocycles. The molecule has 3 rings (SSSR count). The molecular formula is C18H19NO. The molecule has 1 aliphatic rings. The van der Waals surface area contributed by atoms with Gasteiger partial charge >= 0.3 is 0 Å². The molecule has 0 unspecified atom stereocenters. The number of carbonyl (C=O) groups is 1. The van der Waals surface area contributed by atoms with E-state index in [1.807, 2.05) is 36.4 Å². The molecule has 2 aromatic rings. The normalized spacial score (nSPS) is 15.7. The van der Waals surface area contributed by atoms with Crippen LogP contribution in [0.15, 0.2) is 48.0 Å². The van der Waals surface area contributed by atoms with E-state index < -0.39 is 0 Å². The van der Waals surface area contributed by atoms with Gasteiger partial charge in [0.2, 0.25) is 0 Å². The number of anilines is 1. The number of fused-ring (bicyclic) bond motifs is 1. The zero-order chi connectivity index (χ0) is 13.9. The van der Waals surface area contributed by atoms with Gasteiger partial charge in [-0.3, -0.25) is 4.79 Å². The summed E-state index contributed by atoms with van der Waals surface area (Å²) in [5, 5.41) is 2.15. The molecule has 0 aliphatic heterocycles. The van der Waals surface area contributed by atoms with Crippen LogP contribution < -0.4 is 5.73 Å². The first-order chi connectivity index (χ1) is 9.75. The standard InChI is InChI=1S/C18H19NO/c19-17-12-15-10-6-5-9-14(15)11-16(17)18(20)13-7-3-1-2-4-8-13/h5-7,9-12H,1-4,8,19H2. The Hall–Kier alpha value is -2.09. The predicted octanol–water partition coefficient (Wildman–Crippen LogP) is 4.50. The van der Waals surface area contributed by atoms with E-state index >= 15 is 0 Å². The first kappa shape index (κ1) is 12.9. The van der Waals surface area contributed by atoms with Crippen LogP contribution in [0.5, 0.6) is 0 Å². The SMILES string of the molecule is Nc1cc2ccccc2cc1C(=O)C1=CCCCCC1. The monoisotopic (exact) mass is 265 g/mol. The first-order valence-electron chi connectivity index (χ1n) is 7.28. The minimum atomic E-state index is 0.107. The fraction of sp³-hybridized carbons (Fsp3) is 0.278. The number of hydrogen-bond donors (Lipinski definition) is 1. The molecule has 2 heteroatoms. The lowest BCUT2D eigenvalue weighted by molar-refractivity contribution is 0.103. The molecular weight excluding hydrogens is 246 g/mol. The maximum atomic E-state index is 12.7. The third kappa shape index (κ3) is 2.46. The third-order valence-electron chi connectivity index (χ3n) is 4.00. The van der Waals surface area contributed by atoms with Gasteiger partial charge in [-0.15, -0.1) is 0 Å². The van der Waals surface area contributed by atoms with Gasteiger partial charge in [-0.1, -0.05) is 36.8 Å². The summed E-state index contributed by atoms with van der Waals surface area (Å²) in [5.41, 5.74) is 8.25. The van der Waals surface area contributed by atoms with Crippen molar-refractivity contribution in [1.82, 2.24) is 0 Å². The highest BCUT2D eigenvalue weighted by atomic mass is 16.1. The lowest BCUT2D eigenvalue weighted by atomic mass is 9.96. The van der Waals surface area contributed by atoms with Gasteiger partial charge in [0.15, 0.2) is 5.78 Å². The van der Waals surface area contributed by atoms with Gasteiger partial charge < -0.3 is 5.73 Å². The number of nitrogens with two attached hydrogens (primary N) is 1. The van der Waals surface area contributed by atoms with Crippen LogP contribution in [-0.4, -0.2) is 5.78 Å². The Balaban J connectivity index is 2.02. The van der Waals surface area contributed by atoms with Crippen LogP contribution in [0.2, 0.25) is 0 Å². The zero-order valence-corrected chi connectivity index (χ0v) is 11.6. The van der Waals surface area contributed by atoms with E-state index in [4.69, 9.17) is 5.73 Å². The second kappa shape index (κ2) is 5.49. The van der Waals surface area contributed by atoms with E-state index in [0.717, 1.165) is 35.6 Å². The molecule has 20 heavy (non-hydrogen) atoms. The highest BCUT2D eigenvalue weighted by molar-refractivity contribution is 6.13. The molecule has 0 fully saturated rings. The Morgan fingerprint density at radius 2 is 1.75 bits per heavy atom. The van der Waals surface area contributed by atoms with Crippen LogP contribution >= 0.6 is 0 Å². The highest BCUT2D eigenvalue weighted by Gasteiger charge is 2.16. The number of carbonyl (C=O) groups excluding carboxylic acids is 1. The van der Waals surface area contributed by atoms with Gasteiger partial charge in [-0.2, -0.15) is 0 Å². The summed E-state index contributed by atoms with van der Waals surface area (Å²) in [5.74, 6) is 0.107. The molecule has 2 nitrogen and oxygen atoms in total. The number of Topliss-reactive ketones (excluding diaryl/α,β-unsaturated/α-hetero) is 1. The Labute approximate surface area is 119 Å². The molecule has 0 amide bonds. The minimum Gasteiger partial charge on any atom is -0.398 e. The molecule has 0 saturated carbocycles. The van der Waals surface area contributed by atoms with Gasteiger partial charge in [0.25, 0.3) is 0 Å². The van der Waals surface area contributed by atoms with E-state index in [0.29, 0.717) is 11.3 Å². The number of benzene rings is 2. The van der Waals surface area contributed by atoms with Gasteiger partial charge in [-0.05, 0) is 54.2 Å². The van der Waals surface area contributed by atoms with Crippen molar-refractivity contribution in [3.05, 3.63) is 53.6 Å². The van der Waals surface area contributed by atoms with Gasteiger partial charge in [0.1, 0.15) is 0 Å². The maximum Gasteiger partial charge on any atom is 0.190 e. The van der Waals surface area contributed by atoms with Crippen LogP contribution in [-0.2, 0) is 0 Å². The van der Waals surface area contributed by atoms with Crippen molar-refractivity contribution in [2.75, 3.05) is 5.73 Å². The molecule has 0 atom stereocenters. The summed E-state index contributed by atoms with van der Waals surface area (Å²) in [6.45, 7) is 0.